The molecule has 0 bridgehead atoms. The van der Waals surface area contributed by atoms with Crippen LogP contribution in [0.3, 0.4) is 0 Å². The molecule has 0 aliphatic rings. The third kappa shape index (κ3) is 6.01. The highest BCUT2D eigenvalue weighted by Gasteiger charge is 2.09. The molecule has 5 nitrogen and oxygen atoms in total. The lowest BCUT2D eigenvalue weighted by molar-refractivity contribution is -0.122. The zero-order valence-electron chi connectivity index (χ0n) is 15.6. The Labute approximate surface area is 179 Å². The number of fused-ring (bicyclic) bond motifs is 1. The molecule has 0 fully saturated rings. The molecule has 0 radical (unpaired) electrons. The van der Waals surface area contributed by atoms with Crippen LogP contribution in [0.1, 0.15) is 17.5 Å². The molecule has 0 atom stereocenters. The Hall–Kier alpha value is -2.96. The number of hydrogen-bond donors (Lipinski definition) is 3. The Morgan fingerprint density at radius 2 is 1.52 bits per heavy atom. The number of halogens is 1. The second-order valence-electron chi connectivity index (χ2n) is 6.46. The second kappa shape index (κ2) is 10.0. The molecule has 0 saturated heterocycles. The lowest BCUT2D eigenvalue weighted by atomic mass is 10.0. The van der Waals surface area contributed by atoms with Crippen LogP contribution < -0.4 is 16.2 Å². The van der Waals surface area contributed by atoms with E-state index in [0.717, 1.165) is 21.9 Å². The van der Waals surface area contributed by atoms with E-state index in [1.54, 1.807) is 6.07 Å². The van der Waals surface area contributed by atoms with E-state index in [0.29, 0.717) is 11.4 Å². The second-order valence-corrected chi connectivity index (χ2v) is 7.27. The standard InChI is InChI=1S/C22H20ClN3O2S/c23-19-11-4-2-7-16(19)12-13-20(27)24-22(29)26-25-21(28)14-17-9-5-8-15-6-1-3-10-18(15)17/h1-11H,12-14H2,(H,25,28)(H2,24,26,27,29). The van der Waals surface area contributed by atoms with Gasteiger partial charge in [0.25, 0.3) is 0 Å². The Kier molecular flexibility index (Phi) is 7.16. The minimum Gasteiger partial charge on any atom is -0.302 e. The number of hydrogen-bond acceptors (Lipinski definition) is 3. The molecule has 3 aromatic carbocycles. The van der Waals surface area contributed by atoms with Crippen molar-refractivity contribution in [3.8, 4) is 0 Å². The van der Waals surface area contributed by atoms with Crippen molar-refractivity contribution in [1.29, 1.82) is 0 Å². The minimum atomic E-state index is -0.259. The summed E-state index contributed by atoms with van der Waals surface area (Å²) in [4.78, 5) is 24.3. The third-order valence-electron chi connectivity index (χ3n) is 4.38. The molecule has 0 spiro atoms. The molecular formula is C22H20ClN3O2S. The SMILES string of the molecule is O=C(Cc1cccc2ccccc12)NNC(=S)NC(=O)CCc1ccccc1Cl. The quantitative estimate of drug-likeness (QED) is 0.430. The minimum absolute atomic E-state index is 0.0421. The van der Waals surface area contributed by atoms with Crippen LogP contribution in [0.4, 0.5) is 0 Å². The van der Waals surface area contributed by atoms with Crippen molar-refractivity contribution >= 4 is 51.5 Å². The fourth-order valence-corrected chi connectivity index (χ4v) is 3.36. The van der Waals surface area contributed by atoms with E-state index in [1.165, 1.54) is 0 Å². The molecule has 0 aliphatic carbocycles. The van der Waals surface area contributed by atoms with Gasteiger partial charge in [0.05, 0.1) is 6.42 Å². The van der Waals surface area contributed by atoms with Gasteiger partial charge in [-0.2, -0.15) is 0 Å². The normalized spacial score (nSPS) is 10.4. The van der Waals surface area contributed by atoms with Gasteiger partial charge < -0.3 is 5.32 Å². The van der Waals surface area contributed by atoms with Gasteiger partial charge >= 0.3 is 0 Å². The highest BCUT2D eigenvalue weighted by molar-refractivity contribution is 7.80. The molecule has 148 valence electrons. The van der Waals surface area contributed by atoms with Crippen molar-refractivity contribution < 1.29 is 9.59 Å². The van der Waals surface area contributed by atoms with Crippen molar-refractivity contribution in [2.75, 3.05) is 0 Å². The number of thiocarbonyl (C=S) groups is 1. The zero-order chi connectivity index (χ0) is 20.6. The highest BCUT2D eigenvalue weighted by Crippen LogP contribution is 2.19. The Morgan fingerprint density at radius 3 is 2.34 bits per heavy atom. The van der Waals surface area contributed by atoms with Crippen LogP contribution in [0.15, 0.2) is 66.7 Å². The summed E-state index contributed by atoms with van der Waals surface area (Å²) in [5.41, 5.74) is 6.89. The van der Waals surface area contributed by atoms with Gasteiger partial charge in [0.15, 0.2) is 5.11 Å². The average molecular weight is 426 g/mol. The maximum Gasteiger partial charge on any atom is 0.242 e. The summed E-state index contributed by atoms with van der Waals surface area (Å²) in [7, 11) is 0. The van der Waals surface area contributed by atoms with E-state index in [9.17, 15) is 9.59 Å². The highest BCUT2D eigenvalue weighted by atomic mass is 35.5. The molecule has 0 saturated carbocycles. The maximum absolute atomic E-state index is 12.2. The Morgan fingerprint density at radius 1 is 0.828 bits per heavy atom. The van der Waals surface area contributed by atoms with Crippen molar-refractivity contribution in [2.24, 2.45) is 0 Å². The summed E-state index contributed by atoms with van der Waals surface area (Å²) in [6, 6.07) is 21.1. The van der Waals surface area contributed by atoms with E-state index >= 15 is 0 Å². The first-order valence-electron chi connectivity index (χ1n) is 9.11. The third-order valence-corrected chi connectivity index (χ3v) is 4.95. The topological polar surface area (TPSA) is 70.2 Å². The summed E-state index contributed by atoms with van der Waals surface area (Å²) in [6.45, 7) is 0. The van der Waals surface area contributed by atoms with Crippen LogP contribution in [0.5, 0.6) is 0 Å². The number of rotatable bonds is 5. The van der Waals surface area contributed by atoms with Crippen LogP contribution in [-0.2, 0) is 22.4 Å². The first-order chi connectivity index (χ1) is 14.0. The zero-order valence-corrected chi connectivity index (χ0v) is 17.1. The molecule has 2 amide bonds. The smallest absolute Gasteiger partial charge is 0.242 e. The van der Waals surface area contributed by atoms with E-state index in [-0.39, 0.29) is 29.8 Å². The van der Waals surface area contributed by atoms with Gasteiger partial charge in [0.1, 0.15) is 0 Å². The van der Waals surface area contributed by atoms with Crippen molar-refractivity contribution in [3.05, 3.63) is 82.9 Å². The number of benzene rings is 3. The fourth-order valence-electron chi connectivity index (χ4n) is 2.96. The number of hydrazine groups is 1. The molecule has 7 heteroatoms. The monoisotopic (exact) mass is 425 g/mol. The lowest BCUT2D eigenvalue weighted by Crippen LogP contribution is -2.48. The van der Waals surface area contributed by atoms with E-state index in [2.05, 4.69) is 16.2 Å². The maximum atomic E-state index is 12.2. The largest absolute Gasteiger partial charge is 0.302 e. The molecule has 0 heterocycles. The van der Waals surface area contributed by atoms with Crippen LogP contribution in [-0.4, -0.2) is 16.9 Å². The molecule has 3 aromatic rings. The number of aryl methyl sites for hydroxylation is 1. The summed E-state index contributed by atoms with van der Waals surface area (Å²) in [5.74, 6) is -0.514. The van der Waals surface area contributed by atoms with E-state index < -0.39 is 0 Å². The molecule has 0 unspecified atom stereocenters. The van der Waals surface area contributed by atoms with Crippen LogP contribution >= 0.6 is 23.8 Å². The summed E-state index contributed by atoms with van der Waals surface area (Å²) in [6.07, 6.45) is 0.925. The Bertz CT molecular complexity index is 1050. The van der Waals surface area contributed by atoms with Gasteiger partial charge in [0, 0.05) is 11.4 Å². The predicted octanol–water partition coefficient (Wildman–Crippen LogP) is 3.69. The van der Waals surface area contributed by atoms with Crippen LogP contribution in [0.25, 0.3) is 10.8 Å². The van der Waals surface area contributed by atoms with Gasteiger partial charge in [-0.05, 0) is 46.6 Å². The summed E-state index contributed by atoms with van der Waals surface area (Å²) >= 11 is 11.1. The molecule has 0 aromatic heterocycles. The predicted molar refractivity (Wildman–Crippen MR) is 119 cm³/mol. The van der Waals surface area contributed by atoms with E-state index in [4.69, 9.17) is 23.8 Å². The lowest BCUT2D eigenvalue weighted by Gasteiger charge is -2.12. The van der Waals surface area contributed by atoms with Crippen LogP contribution in [0.2, 0.25) is 5.02 Å². The molecule has 3 N–H and O–H groups in total. The van der Waals surface area contributed by atoms with E-state index in [1.807, 2.05) is 60.7 Å². The number of carbonyl (C=O) groups excluding carboxylic acids is 2. The van der Waals surface area contributed by atoms with Gasteiger partial charge in [-0.3, -0.25) is 20.4 Å². The first-order valence-corrected chi connectivity index (χ1v) is 9.90. The van der Waals surface area contributed by atoms with Gasteiger partial charge in [-0.25, -0.2) is 0 Å². The van der Waals surface area contributed by atoms with Gasteiger partial charge in [-0.1, -0.05) is 72.3 Å². The Balaban J connectivity index is 1.44. The van der Waals surface area contributed by atoms with Gasteiger partial charge in [0.2, 0.25) is 11.8 Å². The summed E-state index contributed by atoms with van der Waals surface area (Å²) in [5, 5.41) is 5.32. The van der Waals surface area contributed by atoms with Gasteiger partial charge in [-0.15, -0.1) is 0 Å². The molecule has 0 aliphatic heterocycles. The fraction of sp³-hybridized carbons (Fsp3) is 0.136. The van der Waals surface area contributed by atoms with Crippen LogP contribution in [0, 0.1) is 0 Å². The number of amides is 2. The first kappa shape index (κ1) is 20.8. The molecule has 3 rings (SSSR count). The number of nitrogens with one attached hydrogen (secondary N) is 3. The molecular weight excluding hydrogens is 406 g/mol. The number of carbonyl (C=O) groups is 2. The van der Waals surface area contributed by atoms with Crippen molar-refractivity contribution in [2.45, 2.75) is 19.3 Å². The van der Waals surface area contributed by atoms with Crippen molar-refractivity contribution in [1.82, 2.24) is 16.2 Å². The average Bonchev–Trinajstić information content (AvgIpc) is 2.72. The summed E-state index contributed by atoms with van der Waals surface area (Å²) < 4.78 is 0. The molecule has 29 heavy (non-hydrogen) atoms. The van der Waals surface area contributed by atoms with Crippen molar-refractivity contribution in [3.63, 3.8) is 0 Å².